The van der Waals surface area contributed by atoms with Crippen LogP contribution in [0.3, 0.4) is 0 Å². The summed E-state index contributed by atoms with van der Waals surface area (Å²) in [5.41, 5.74) is -1.42. The number of hydrogen-bond acceptors (Lipinski definition) is 15. The largest absolute Gasteiger partial charge is 0.481 e. The van der Waals surface area contributed by atoms with Gasteiger partial charge in [0.05, 0.1) is 0 Å². The van der Waals surface area contributed by atoms with Gasteiger partial charge in [0.25, 0.3) is 5.91 Å². The molecule has 3 unspecified atom stereocenters. The van der Waals surface area contributed by atoms with Crippen LogP contribution in [0.5, 0.6) is 0 Å². The average Bonchev–Trinajstić information content (AvgIpc) is 3.61. The van der Waals surface area contributed by atoms with E-state index in [2.05, 4.69) is 41.4 Å². The van der Waals surface area contributed by atoms with Gasteiger partial charge in [-0.1, -0.05) is 16.9 Å². The van der Waals surface area contributed by atoms with Crippen LogP contribution in [0.1, 0.15) is 12.1 Å². The molecule has 2 aromatic rings. The maximum atomic E-state index is 13.2. The number of anilines is 1. The Morgan fingerprint density at radius 3 is 2.97 bits per heavy atom. The van der Waals surface area contributed by atoms with E-state index in [1.165, 1.54) is 33.8 Å². The molecular weight excluding hydrogens is 595 g/mol. The maximum absolute atomic E-state index is 13.2. The molecule has 4 rings (SSSR count). The van der Waals surface area contributed by atoms with Crippen LogP contribution in [0.2, 0.25) is 0 Å². The first-order valence-electron chi connectivity index (χ1n) is 11.2. The Balaban J connectivity index is 1.48. The van der Waals surface area contributed by atoms with Crippen LogP contribution >= 0.6 is 46.6 Å². The minimum absolute atomic E-state index is 0.116. The number of amides is 3. The Hall–Kier alpha value is -2.94. The standard InChI is InChI=1S/C19H23N9O7S4/c1-36-8-35-25-11(9-4-37-17(21-9)20-7-30)13(31)22-12-14(32)28-5-19(16(33)34,6-38-15(12)28)10(2-3-29)39-18-23-26-27-24-18/h4,7,10,12,15,29H,2-3,5-6,8H2,1H3,(H,22,31)(H,33,34)(H,20,21,30)(H,23,24,26,27)/t10?,12?,15-,19?/m1/s1. The normalized spacial score (nSPS) is 23.4. The van der Waals surface area contributed by atoms with E-state index in [-0.39, 0.29) is 47.8 Å². The lowest BCUT2D eigenvalue weighted by molar-refractivity contribution is -0.158. The predicted molar refractivity (Wildman–Crippen MR) is 143 cm³/mol. The fourth-order valence-electron chi connectivity index (χ4n) is 4.01. The zero-order valence-corrected chi connectivity index (χ0v) is 23.4. The van der Waals surface area contributed by atoms with Gasteiger partial charge in [-0.15, -0.1) is 40.0 Å². The molecule has 2 fully saturated rings. The number of rotatable bonds is 14. The number of aromatic amines is 1. The summed E-state index contributed by atoms with van der Waals surface area (Å²) >= 11 is 4.74. The van der Waals surface area contributed by atoms with Crippen molar-refractivity contribution in [1.82, 2.24) is 35.8 Å². The number of fused-ring (bicyclic) bond motifs is 1. The molecule has 2 saturated heterocycles. The van der Waals surface area contributed by atoms with Crippen LogP contribution < -0.4 is 10.6 Å². The van der Waals surface area contributed by atoms with E-state index in [1.54, 1.807) is 6.26 Å². The monoisotopic (exact) mass is 617 g/mol. The molecule has 0 saturated carbocycles. The number of tetrazole rings is 1. The second-order valence-corrected chi connectivity index (χ2v) is 12.1. The Bertz CT molecular complexity index is 1230. The third kappa shape index (κ3) is 6.13. The van der Waals surface area contributed by atoms with Crippen molar-refractivity contribution in [3.63, 3.8) is 0 Å². The second-order valence-electron chi connectivity index (χ2n) is 8.18. The summed E-state index contributed by atoms with van der Waals surface area (Å²) in [6.45, 7) is -0.383. The molecule has 39 heavy (non-hydrogen) atoms. The molecule has 5 N–H and O–H groups in total. The highest BCUT2D eigenvalue weighted by molar-refractivity contribution is 8.01. The highest BCUT2D eigenvalue weighted by Crippen LogP contribution is 2.48. The maximum Gasteiger partial charge on any atom is 0.313 e. The predicted octanol–water partition coefficient (Wildman–Crippen LogP) is -0.720. The number of nitrogens with one attached hydrogen (secondary N) is 3. The molecule has 0 aromatic carbocycles. The van der Waals surface area contributed by atoms with Gasteiger partial charge in [-0.3, -0.25) is 19.2 Å². The number of β-lactam (4-membered cyclic amide) rings is 1. The van der Waals surface area contributed by atoms with Gasteiger partial charge in [0.1, 0.15) is 22.5 Å². The van der Waals surface area contributed by atoms with Crippen molar-refractivity contribution in [2.75, 3.05) is 36.4 Å². The van der Waals surface area contributed by atoms with Crippen LogP contribution in [-0.4, -0.2) is 118 Å². The molecule has 20 heteroatoms. The smallest absolute Gasteiger partial charge is 0.313 e. The number of hydrogen-bond donors (Lipinski definition) is 5. The van der Waals surface area contributed by atoms with E-state index < -0.39 is 39.9 Å². The molecule has 16 nitrogen and oxygen atoms in total. The fourth-order valence-corrected chi connectivity index (χ4v) is 7.71. The summed E-state index contributed by atoms with van der Waals surface area (Å²) in [5, 5.41) is 43.1. The zero-order valence-electron chi connectivity index (χ0n) is 20.2. The highest BCUT2D eigenvalue weighted by Gasteiger charge is 2.60. The third-order valence-electron chi connectivity index (χ3n) is 5.88. The van der Waals surface area contributed by atoms with Crippen LogP contribution in [0.4, 0.5) is 5.13 Å². The summed E-state index contributed by atoms with van der Waals surface area (Å²) in [7, 11) is 0. The Morgan fingerprint density at radius 1 is 1.49 bits per heavy atom. The summed E-state index contributed by atoms with van der Waals surface area (Å²) in [6, 6.07) is -0.923. The third-order valence-corrected chi connectivity index (χ3v) is 9.91. The zero-order chi connectivity index (χ0) is 28.0. The van der Waals surface area contributed by atoms with E-state index in [9.17, 15) is 29.4 Å². The van der Waals surface area contributed by atoms with E-state index in [0.29, 0.717) is 11.6 Å². The Kier molecular flexibility index (Phi) is 9.64. The van der Waals surface area contributed by atoms with E-state index in [4.69, 9.17) is 4.84 Å². The number of nitrogens with zero attached hydrogens (tertiary/aromatic N) is 6. The summed E-state index contributed by atoms with van der Waals surface area (Å²) in [6.07, 6.45) is 2.37. The topological polar surface area (TPSA) is 225 Å². The van der Waals surface area contributed by atoms with E-state index >= 15 is 0 Å². The lowest BCUT2D eigenvalue weighted by Crippen LogP contribution is -2.75. The molecule has 0 spiro atoms. The SMILES string of the molecule is CSCON=C(C(=O)NC1C(=O)N2CC(C(=O)O)(C(CCO)Sc3nnn[nH]3)CS[C@H]12)c1csc(NC=O)n1. The van der Waals surface area contributed by atoms with Crippen molar-refractivity contribution in [2.24, 2.45) is 10.6 Å². The molecule has 210 valence electrons. The van der Waals surface area contributed by atoms with Crippen LogP contribution in [0, 0.1) is 5.41 Å². The summed E-state index contributed by atoms with van der Waals surface area (Å²) in [4.78, 5) is 60.3. The van der Waals surface area contributed by atoms with Crippen molar-refractivity contribution >= 4 is 81.7 Å². The van der Waals surface area contributed by atoms with Gasteiger partial charge in [0.15, 0.2) is 16.8 Å². The van der Waals surface area contributed by atoms with Gasteiger partial charge in [-0.2, -0.15) is 0 Å². The number of carboxylic acids is 1. The average molecular weight is 618 g/mol. The number of aliphatic hydroxyl groups excluding tert-OH is 1. The molecule has 0 bridgehead atoms. The number of carbonyl (C=O) groups excluding carboxylic acids is 3. The molecule has 0 aliphatic carbocycles. The van der Waals surface area contributed by atoms with Crippen LogP contribution in [0.15, 0.2) is 15.7 Å². The number of aliphatic hydroxyl groups is 1. The molecule has 0 radical (unpaired) electrons. The van der Waals surface area contributed by atoms with Crippen molar-refractivity contribution in [3.05, 3.63) is 11.1 Å². The quantitative estimate of drug-likeness (QED) is 0.0336. The first-order valence-corrected chi connectivity index (χ1v) is 15.4. The lowest BCUT2D eigenvalue weighted by atomic mass is 9.82. The fraction of sp³-hybridized carbons (Fsp3) is 0.526. The Labute approximate surface area is 237 Å². The lowest BCUT2D eigenvalue weighted by Gasteiger charge is -2.55. The number of carboxylic acid groups (broad SMARTS) is 1. The van der Waals surface area contributed by atoms with Gasteiger partial charge in [0, 0.05) is 29.5 Å². The highest BCUT2D eigenvalue weighted by atomic mass is 32.2. The van der Waals surface area contributed by atoms with Crippen molar-refractivity contribution in [2.45, 2.75) is 28.2 Å². The molecule has 3 amide bonds. The van der Waals surface area contributed by atoms with Gasteiger partial charge >= 0.3 is 5.97 Å². The Morgan fingerprint density at radius 2 is 2.31 bits per heavy atom. The molecule has 4 heterocycles. The first-order chi connectivity index (χ1) is 18.8. The first kappa shape index (κ1) is 29.1. The van der Waals surface area contributed by atoms with Crippen LogP contribution in [-0.2, 0) is 24.0 Å². The number of thiazole rings is 1. The number of H-pyrrole nitrogens is 1. The van der Waals surface area contributed by atoms with Gasteiger partial charge < -0.3 is 30.6 Å². The van der Waals surface area contributed by atoms with Gasteiger partial charge in [0.2, 0.25) is 17.5 Å². The van der Waals surface area contributed by atoms with Crippen molar-refractivity contribution in [1.29, 1.82) is 0 Å². The molecule has 2 aliphatic rings. The summed E-state index contributed by atoms with van der Waals surface area (Å²) in [5.74, 6) is -1.99. The number of thioether (sulfide) groups is 3. The number of carbonyl (C=O) groups is 4. The van der Waals surface area contributed by atoms with Crippen molar-refractivity contribution in [3.8, 4) is 0 Å². The van der Waals surface area contributed by atoms with Gasteiger partial charge in [-0.25, -0.2) is 10.1 Å². The summed E-state index contributed by atoms with van der Waals surface area (Å²) < 4.78 is 0. The number of oxime groups is 1. The molecular formula is C19H23N9O7S4. The van der Waals surface area contributed by atoms with Crippen LogP contribution in [0.25, 0.3) is 0 Å². The minimum Gasteiger partial charge on any atom is -0.481 e. The molecule has 2 aliphatic heterocycles. The molecule has 2 aromatic heterocycles. The van der Waals surface area contributed by atoms with Crippen molar-refractivity contribution < 1.29 is 34.2 Å². The minimum atomic E-state index is -1.40. The van der Waals surface area contributed by atoms with Gasteiger partial charge in [-0.05, 0) is 23.1 Å². The van der Waals surface area contributed by atoms with E-state index in [0.717, 1.165) is 23.1 Å². The van der Waals surface area contributed by atoms with E-state index in [1.807, 2.05) is 0 Å². The number of aliphatic carboxylic acids is 1. The molecule has 4 atom stereocenters. The second kappa shape index (κ2) is 12.9. The number of aromatic nitrogens is 5.